The molecule has 0 heterocycles. The van der Waals surface area contributed by atoms with E-state index in [-0.39, 0.29) is 0 Å². The second-order valence-corrected chi connectivity index (χ2v) is 5.59. The van der Waals surface area contributed by atoms with Crippen LogP contribution in [0.1, 0.15) is 33.3 Å². The molecule has 0 bridgehead atoms. The van der Waals surface area contributed by atoms with Crippen molar-refractivity contribution in [2.24, 2.45) is 0 Å². The highest BCUT2D eigenvalue weighted by Gasteiger charge is 2.25. The van der Waals surface area contributed by atoms with Gasteiger partial charge >= 0.3 is 11.8 Å². The van der Waals surface area contributed by atoms with Gasteiger partial charge in [-0.1, -0.05) is 12.1 Å². The average molecular weight is 262 g/mol. The molecule has 1 N–H and O–H groups in total. The lowest BCUT2D eigenvalue weighted by molar-refractivity contribution is -0.138. The molecule has 0 unspecified atom stereocenters. The largest absolute Gasteiger partial charge is 0.343 e. The molecule has 0 fully saturated rings. The van der Waals surface area contributed by atoms with Crippen molar-refractivity contribution in [2.75, 3.05) is 11.4 Å². The second kappa shape index (κ2) is 5.87. The van der Waals surface area contributed by atoms with Crippen LogP contribution in [-0.4, -0.2) is 23.9 Å². The minimum atomic E-state index is -0.573. The van der Waals surface area contributed by atoms with E-state index in [4.69, 9.17) is 0 Å². The van der Waals surface area contributed by atoms with Gasteiger partial charge in [-0.15, -0.1) is 0 Å². The Morgan fingerprint density at radius 1 is 1.26 bits per heavy atom. The van der Waals surface area contributed by atoms with Gasteiger partial charge in [0, 0.05) is 17.8 Å². The molecule has 0 radical (unpaired) electrons. The molecular weight excluding hydrogens is 240 g/mol. The molecule has 0 aliphatic rings. The van der Waals surface area contributed by atoms with Gasteiger partial charge in [0.15, 0.2) is 0 Å². The van der Waals surface area contributed by atoms with E-state index in [2.05, 4.69) is 5.32 Å². The molecule has 0 aliphatic heterocycles. The van der Waals surface area contributed by atoms with Crippen molar-refractivity contribution < 1.29 is 9.59 Å². The molecular formula is C15H22N2O2. The Bertz CT molecular complexity index is 475. The summed E-state index contributed by atoms with van der Waals surface area (Å²) in [5.74, 6) is -1.10. The first kappa shape index (κ1) is 15.2. The number of hydrogen-bond donors (Lipinski definition) is 1. The third-order valence-corrected chi connectivity index (χ3v) is 2.56. The number of nitrogens with one attached hydrogen (secondary N) is 1. The average Bonchev–Trinajstić information content (AvgIpc) is 2.27. The molecule has 0 spiro atoms. The van der Waals surface area contributed by atoms with Crippen LogP contribution in [0.3, 0.4) is 0 Å². The van der Waals surface area contributed by atoms with Gasteiger partial charge in [0.2, 0.25) is 0 Å². The summed E-state index contributed by atoms with van der Waals surface area (Å²) < 4.78 is 0. The maximum absolute atomic E-state index is 12.2. The number of carbonyl (C=O) groups excluding carboxylic acids is 2. The van der Waals surface area contributed by atoms with Crippen LogP contribution >= 0.6 is 0 Å². The predicted octanol–water partition coefficient (Wildman–Crippen LogP) is 2.26. The van der Waals surface area contributed by atoms with E-state index >= 15 is 0 Å². The minimum absolute atomic E-state index is 0.418. The zero-order valence-electron chi connectivity index (χ0n) is 12.3. The molecule has 104 valence electrons. The monoisotopic (exact) mass is 262 g/mol. The molecule has 0 aromatic heterocycles. The molecule has 1 aromatic rings. The van der Waals surface area contributed by atoms with Crippen molar-refractivity contribution in [1.82, 2.24) is 5.32 Å². The van der Waals surface area contributed by atoms with Gasteiger partial charge in [0.1, 0.15) is 0 Å². The van der Waals surface area contributed by atoms with E-state index in [1.165, 1.54) is 4.90 Å². The van der Waals surface area contributed by atoms with E-state index < -0.39 is 17.4 Å². The summed E-state index contributed by atoms with van der Waals surface area (Å²) in [6.45, 7) is 9.81. The third kappa shape index (κ3) is 4.39. The maximum Gasteiger partial charge on any atom is 0.316 e. The summed E-state index contributed by atoms with van der Waals surface area (Å²) in [5, 5.41) is 2.69. The van der Waals surface area contributed by atoms with Gasteiger partial charge in [0.25, 0.3) is 0 Å². The molecule has 0 aliphatic carbocycles. The van der Waals surface area contributed by atoms with Crippen molar-refractivity contribution in [3.8, 4) is 0 Å². The van der Waals surface area contributed by atoms with Gasteiger partial charge in [-0.05, 0) is 52.3 Å². The Labute approximate surface area is 114 Å². The number of benzene rings is 1. The van der Waals surface area contributed by atoms with E-state index in [0.29, 0.717) is 6.54 Å². The van der Waals surface area contributed by atoms with Crippen LogP contribution in [0.5, 0.6) is 0 Å². The highest BCUT2D eigenvalue weighted by atomic mass is 16.2. The Kier molecular flexibility index (Phi) is 4.70. The molecule has 4 heteroatoms. The van der Waals surface area contributed by atoms with E-state index in [1.54, 1.807) is 0 Å². The lowest BCUT2D eigenvalue weighted by atomic mass is 10.1. The number of rotatable bonds is 2. The quantitative estimate of drug-likeness (QED) is 0.831. The van der Waals surface area contributed by atoms with Gasteiger partial charge in [-0.3, -0.25) is 9.59 Å². The predicted molar refractivity (Wildman–Crippen MR) is 77.1 cm³/mol. The highest BCUT2D eigenvalue weighted by molar-refractivity contribution is 6.40. The molecule has 0 atom stereocenters. The van der Waals surface area contributed by atoms with Crippen molar-refractivity contribution in [2.45, 2.75) is 40.2 Å². The van der Waals surface area contributed by atoms with Crippen LogP contribution in [0.15, 0.2) is 24.3 Å². The van der Waals surface area contributed by atoms with E-state index in [1.807, 2.05) is 58.9 Å². The van der Waals surface area contributed by atoms with E-state index in [0.717, 1.165) is 11.3 Å². The Morgan fingerprint density at radius 2 is 1.89 bits per heavy atom. The fourth-order valence-electron chi connectivity index (χ4n) is 1.76. The van der Waals surface area contributed by atoms with Gasteiger partial charge < -0.3 is 10.2 Å². The number of likely N-dealkylation sites (N-methyl/N-ethyl adjacent to an activating group) is 1. The third-order valence-electron chi connectivity index (χ3n) is 2.56. The van der Waals surface area contributed by atoms with Crippen LogP contribution in [0.25, 0.3) is 0 Å². The maximum atomic E-state index is 12.2. The Hall–Kier alpha value is -1.84. The number of amides is 2. The fourth-order valence-corrected chi connectivity index (χ4v) is 1.76. The van der Waals surface area contributed by atoms with Gasteiger partial charge in [-0.25, -0.2) is 0 Å². The van der Waals surface area contributed by atoms with E-state index in [9.17, 15) is 9.59 Å². The Morgan fingerprint density at radius 3 is 2.37 bits per heavy atom. The summed E-state index contributed by atoms with van der Waals surface area (Å²) in [6.07, 6.45) is 0. The SMILES string of the molecule is CCN(C(=O)C(=O)NC(C)(C)C)c1cccc(C)c1. The summed E-state index contributed by atoms with van der Waals surface area (Å²) in [4.78, 5) is 25.6. The zero-order valence-corrected chi connectivity index (χ0v) is 12.3. The number of anilines is 1. The normalized spacial score (nSPS) is 11.0. The topological polar surface area (TPSA) is 49.4 Å². The summed E-state index contributed by atoms with van der Waals surface area (Å²) in [5.41, 5.74) is 1.38. The van der Waals surface area contributed by atoms with Crippen LogP contribution in [0.4, 0.5) is 5.69 Å². The highest BCUT2D eigenvalue weighted by Crippen LogP contribution is 2.16. The first-order chi connectivity index (χ1) is 8.74. The molecule has 2 amide bonds. The zero-order chi connectivity index (χ0) is 14.6. The van der Waals surface area contributed by atoms with Crippen molar-refractivity contribution in [3.05, 3.63) is 29.8 Å². The number of nitrogens with zero attached hydrogens (tertiary/aromatic N) is 1. The van der Waals surface area contributed by atoms with Crippen LogP contribution in [0, 0.1) is 6.92 Å². The van der Waals surface area contributed by atoms with Crippen molar-refractivity contribution in [1.29, 1.82) is 0 Å². The van der Waals surface area contributed by atoms with Gasteiger partial charge in [0.05, 0.1) is 0 Å². The van der Waals surface area contributed by atoms with Crippen molar-refractivity contribution >= 4 is 17.5 Å². The second-order valence-electron chi connectivity index (χ2n) is 5.59. The molecule has 0 saturated heterocycles. The van der Waals surface area contributed by atoms with Crippen LogP contribution < -0.4 is 10.2 Å². The minimum Gasteiger partial charge on any atom is -0.343 e. The number of aryl methyl sites for hydroxylation is 1. The molecule has 0 saturated carbocycles. The van der Waals surface area contributed by atoms with Crippen LogP contribution in [-0.2, 0) is 9.59 Å². The summed E-state index contributed by atoms with van der Waals surface area (Å²) in [6, 6.07) is 7.56. The summed E-state index contributed by atoms with van der Waals surface area (Å²) in [7, 11) is 0. The fraction of sp³-hybridized carbons (Fsp3) is 0.467. The lowest BCUT2D eigenvalue weighted by Crippen LogP contribution is -2.49. The molecule has 1 rings (SSSR count). The first-order valence-corrected chi connectivity index (χ1v) is 6.45. The van der Waals surface area contributed by atoms with Crippen LogP contribution in [0.2, 0.25) is 0 Å². The standard InChI is InChI=1S/C15H22N2O2/c1-6-17(12-9-7-8-11(2)10-12)14(19)13(18)16-15(3,4)5/h7-10H,6H2,1-5H3,(H,16,18). The number of carbonyl (C=O) groups is 2. The number of hydrogen-bond acceptors (Lipinski definition) is 2. The van der Waals surface area contributed by atoms with Crippen molar-refractivity contribution in [3.63, 3.8) is 0 Å². The molecule has 1 aromatic carbocycles. The smallest absolute Gasteiger partial charge is 0.316 e. The Balaban J connectivity index is 2.92. The summed E-state index contributed by atoms with van der Waals surface area (Å²) >= 11 is 0. The molecule has 19 heavy (non-hydrogen) atoms. The molecule has 4 nitrogen and oxygen atoms in total. The van der Waals surface area contributed by atoms with Gasteiger partial charge in [-0.2, -0.15) is 0 Å². The lowest BCUT2D eigenvalue weighted by Gasteiger charge is -2.24. The first-order valence-electron chi connectivity index (χ1n) is 6.45.